The Labute approximate surface area is 192 Å². The van der Waals surface area contributed by atoms with Gasteiger partial charge in [-0.15, -0.1) is 0 Å². The van der Waals surface area contributed by atoms with Crippen molar-refractivity contribution in [2.24, 2.45) is 17.8 Å². The Morgan fingerprint density at radius 1 is 0.792 bits per heavy atom. The number of carboxylic acid groups (broad SMARTS) is 2. The van der Waals surface area contributed by atoms with Gasteiger partial charge in [0.1, 0.15) is 0 Å². The van der Waals surface area contributed by atoms with Crippen molar-refractivity contribution in [2.75, 3.05) is 0 Å². The van der Waals surface area contributed by atoms with Gasteiger partial charge in [0.15, 0.2) is 5.92 Å². The summed E-state index contributed by atoms with van der Waals surface area (Å²) in [6, 6.07) is 0. The van der Waals surface area contributed by atoms with E-state index in [1.807, 2.05) is 0 Å². The van der Waals surface area contributed by atoms with Crippen LogP contribution in [-0.4, -0.2) is 22.2 Å². The van der Waals surface area contributed by atoms with Crippen molar-refractivity contribution >= 4 is 11.9 Å². The first-order valence-electron chi connectivity index (χ1n) is 9.43. The first kappa shape index (κ1) is 26.8. The van der Waals surface area contributed by atoms with E-state index >= 15 is 0 Å². The van der Waals surface area contributed by atoms with Gasteiger partial charge in [-0.05, 0) is 18.3 Å². The monoisotopic (exact) mass is 368 g/mol. The molecule has 2 atom stereocenters. The Balaban J connectivity index is -0.00000242. The minimum atomic E-state index is -1.26. The number of rotatable bonds is 15. The molecule has 2 N–H and O–H groups in total. The summed E-state index contributed by atoms with van der Waals surface area (Å²) < 4.78 is 0. The van der Waals surface area contributed by atoms with Gasteiger partial charge < -0.3 is 11.6 Å². The third kappa shape index (κ3) is 12.0. The van der Waals surface area contributed by atoms with E-state index in [9.17, 15) is 19.8 Å². The van der Waals surface area contributed by atoms with Crippen LogP contribution in [0.15, 0.2) is 0 Å². The second kappa shape index (κ2) is 17.0. The zero-order valence-electron chi connectivity index (χ0n) is 17.2. The van der Waals surface area contributed by atoms with Gasteiger partial charge in [-0.2, -0.15) is 0 Å². The first-order chi connectivity index (χ1) is 11.0. The summed E-state index contributed by atoms with van der Waals surface area (Å²) >= 11 is 0. The normalized spacial score (nSPS) is 13.3. The van der Waals surface area contributed by atoms with Crippen molar-refractivity contribution in [1.29, 1.82) is 0 Å². The molecule has 0 radical (unpaired) electrons. The molecule has 4 nitrogen and oxygen atoms in total. The van der Waals surface area contributed by atoms with Gasteiger partial charge in [-0.3, -0.25) is 9.59 Å². The SMILES string of the molecule is CCCCCCC(CC(C(=O)O)C(=O)O)C(CC)CCCCC.[H-].[K+]. The summed E-state index contributed by atoms with van der Waals surface area (Å²) in [7, 11) is 0. The molecular weight excluding hydrogens is 331 g/mol. The topological polar surface area (TPSA) is 74.6 Å². The zero-order chi connectivity index (χ0) is 17.7. The van der Waals surface area contributed by atoms with Crippen molar-refractivity contribution in [3.05, 3.63) is 0 Å². The van der Waals surface area contributed by atoms with Crippen molar-refractivity contribution in [2.45, 2.75) is 91.4 Å². The maximum atomic E-state index is 11.2. The van der Waals surface area contributed by atoms with E-state index in [1.54, 1.807) is 0 Å². The molecule has 5 heteroatoms. The summed E-state index contributed by atoms with van der Waals surface area (Å²) in [5.74, 6) is -2.99. The molecular formula is C19H37KO4. The molecule has 0 aromatic rings. The first-order valence-corrected chi connectivity index (χ1v) is 9.43. The largest absolute Gasteiger partial charge is 1.00 e. The predicted octanol–water partition coefficient (Wildman–Crippen LogP) is 2.47. The van der Waals surface area contributed by atoms with Gasteiger partial charge in [-0.25, -0.2) is 0 Å². The average Bonchev–Trinajstić information content (AvgIpc) is 2.51. The minimum Gasteiger partial charge on any atom is -1.00 e. The molecule has 0 rings (SSSR count). The van der Waals surface area contributed by atoms with Gasteiger partial charge in [0.25, 0.3) is 0 Å². The second-order valence-corrected chi connectivity index (χ2v) is 6.74. The van der Waals surface area contributed by atoms with Crippen LogP contribution in [0, 0.1) is 17.8 Å². The molecule has 0 aromatic heterocycles. The summed E-state index contributed by atoms with van der Waals surface area (Å²) in [4.78, 5) is 22.5. The predicted molar refractivity (Wildman–Crippen MR) is 94.7 cm³/mol. The fourth-order valence-corrected chi connectivity index (χ4v) is 3.42. The molecule has 0 saturated heterocycles. The average molecular weight is 369 g/mol. The van der Waals surface area contributed by atoms with Crippen LogP contribution in [0.25, 0.3) is 0 Å². The van der Waals surface area contributed by atoms with Gasteiger partial charge in [0, 0.05) is 0 Å². The van der Waals surface area contributed by atoms with E-state index in [1.165, 1.54) is 25.7 Å². The van der Waals surface area contributed by atoms with Crippen molar-refractivity contribution in [1.82, 2.24) is 0 Å². The number of aliphatic carboxylic acids is 2. The molecule has 2 unspecified atom stereocenters. The van der Waals surface area contributed by atoms with Gasteiger partial charge >= 0.3 is 63.3 Å². The zero-order valence-corrected chi connectivity index (χ0v) is 19.3. The molecule has 0 heterocycles. The van der Waals surface area contributed by atoms with Gasteiger partial charge in [0.05, 0.1) is 0 Å². The molecule has 0 aliphatic heterocycles. The van der Waals surface area contributed by atoms with Crippen LogP contribution in [0.4, 0.5) is 0 Å². The van der Waals surface area contributed by atoms with Gasteiger partial charge in [0.2, 0.25) is 0 Å². The molecule has 0 saturated carbocycles. The maximum absolute atomic E-state index is 11.2. The quantitative estimate of drug-likeness (QED) is 0.264. The third-order valence-electron chi connectivity index (χ3n) is 4.93. The van der Waals surface area contributed by atoms with E-state index in [0.717, 1.165) is 38.5 Å². The van der Waals surface area contributed by atoms with Crippen LogP contribution in [-0.2, 0) is 9.59 Å². The Morgan fingerprint density at radius 3 is 1.71 bits per heavy atom. The van der Waals surface area contributed by atoms with E-state index in [0.29, 0.717) is 5.92 Å². The Kier molecular flexibility index (Phi) is 19.0. The Bertz CT molecular complexity index is 325. The number of hydrogen-bond acceptors (Lipinski definition) is 2. The fourth-order valence-electron chi connectivity index (χ4n) is 3.42. The molecule has 0 aliphatic carbocycles. The molecule has 0 aromatic carbocycles. The number of carbonyl (C=O) groups is 2. The molecule has 138 valence electrons. The van der Waals surface area contributed by atoms with Gasteiger partial charge in [-0.1, -0.05) is 85.0 Å². The molecule has 0 bridgehead atoms. The third-order valence-corrected chi connectivity index (χ3v) is 4.93. The van der Waals surface area contributed by atoms with Crippen molar-refractivity contribution in [3.8, 4) is 0 Å². The molecule has 24 heavy (non-hydrogen) atoms. The van der Waals surface area contributed by atoms with E-state index in [2.05, 4.69) is 20.8 Å². The van der Waals surface area contributed by atoms with E-state index in [4.69, 9.17) is 0 Å². The molecule has 0 aliphatic rings. The summed E-state index contributed by atoms with van der Waals surface area (Å²) in [6.07, 6.45) is 11.5. The van der Waals surface area contributed by atoms with Crippen molar-refractivity contribution in [3.63, 3.8) is 0 Å². The molecule has 0 fully saturated rings. The van der Waals surface area contributed by atoms with Crippen LogP contribution in [0.5, 0.6) is 0 Å². The Morgan fingerprint density at radius 2 is 1.25 bits per heavy atom. The van der Waals surface area contributed by atoms with E-state index in [-0.39, 0.29) is 65.1 Å². The maximum Gasteiger partial charge on any atom is 1.00 e. The van der Waals surface area contributed by atoms with Crippen LogP contribution < -0.4 is 51.4 Å². The fraction of sp³-hybridized carbons (Fsp3) is 0.895. The second-order valence-electron chi connectivity index (χ2n) is 6.74. The summed E-state index contributed by atoms with van der Waals surface area (Å²) in [6.45, 7) is 6.49. The minimum absolute atomic E-state index is 0. The van der Waals surface area contributed by atoms with Crippen LogP contribution in [0.3, 0.4) is 0 Å². The molecule has 0 spiro atoms. The van der Waals surface area contributed by atoms with Crippen molar-refractivity contribution < 1.29 is 72.6 Å². The van der Waals surface area contributed by atoms with Crippen LogP contribution in [0.1, 0.15) is 92.8 Å². The number of hydrogen-bond donors (Lipinski definition) is 2. The number of carboxylic acids is 2. The number of unbranched alkanes of at least 4 members (excludes halogenated alkanes) is 5. The van der Waals surface area contributed by atoms with Crippen LogP contribution >= 0.6 is 0 Å². The molecule has 0 amide bonds. The van der Waals surface area contributed by atoms with E-state index < -0.39 is 17.9 Å². The van der Waals surface area contributed by atoms with Crippen LogP contribution in [0.2, 0.25) is 0 Å². The standard InChI is InChI=1S/C19H36O4.K.H/c1-4-7-9-11-13-16(14-17(18(20)21)19(22)23)15(6-3)12-10-8-5-2;;/h15-17H,4-14H2,1-3H3,(H,20,21)(H,22,23);;/q;+1;-1. The Hall–Kier alpha value is 0.576. The summed E-state index contributed by atoms with van der Waals surface area (Å²) in [5.41, 5.74) is 0. The smallest absolute Gasteiger partial charge is 1.00 e. The summed E-state index contributed by atoms with van der Waals surface area (Å²) in [5, 5.41) is 18.4.